The number of hydrogen-bond donors (Lipinski definition) is 2. The van der Waals surface area contributed by atoms with Crippen LogP contribution >= 0.6 is 0 Å². The summed E-state index contributed by atoms with van der Waals surface area (Å²) in [6.45, 7) is 12.7. The second-order valence-corrected chi connectivity index (χ2v) is 16.1. The van der Waals surface area contributed by atoms with Crippen LogP contribution in [-0.4, -0.2) is 66.2 Å². The summed E-state index contributed by atoms with van der Waals surface area (Å²) in [6.07, 6.45) is 7.76. The predicted molar refractivity (Wildman–Crippen MR) is 207 cm³/mol. The van der Waals surface area contributed by atoms with Gasteiger partial charge in [-0.05, 0) is 107 Å². The number of hydrogen-bond acceptors (Lipinski definition) is 6. The lowest BCUT2D eigenvalue weighted by Crippen LogP contribution is -2.42. The lowest BCUT2D eigenvalue weighted by Gasteiger charge is -2.35. The number of carbonyl (C=O) groups is 2. The number of likely N-dealkylation sites (tertiary alicyclic amines) is 2. The first-order valence-electron chi connectivity index (χ1n) is 18.7. The summed E-state index contributed by atoms with van der Waals surface area (Å²) in [4.78, 5) is 45.7. The molecule has 0 saturated carbocycles. The minimum atomic E-state index is -0.542. The van der Waals surface area contributed by atoms with Gasteiger partial charge in [-0.3, -0.25) is 9.80 Å². The molecule has 0 spiro atoms. The fourth-order valence-corrected chi connectivity index (χ4v) is 7.19. The molecule has 3 aromatic carbocycles. The zero-order valence-corrected chi connectivity index (χ0v) is 31.6. The maximum Gasteiger partial charge on any atom is 0.410 e. The molecule has 276 valence electrons. The molecule has 2 atom stereocenters. The highest BCUT2D eigenvalue weighted by Crippen LogP contribution is 2.35. The molecule has 10 heteroatoms. The van der Waals surface area contributed by atoms with Crippen LogP contribution in [0.15, 0.2) is 85.2 Å². The number of nitrogens with zero attached hydrogens (tertiary/aromatic N) is 4. The number of piperidine rings is 1. The highest BCUT2D eigenvalue weighted by Gasteiger charge is 2.35. The van der Waals surface area contributed by atoms with E-state index in [2.05, 4.69) is 87.7 Å². The Morgan fingerprint density at radius 3 is 1.26 bits per heavy atom. The summed E-state index contributed by atoms with van der Waals surface area (Å²) in [6, 6.07) is 25.3. The van der Waals surface area contributed by atoms with Crippen molar-refractivity contribution in [2.45, 2.75) is 96.9 Å². The molecule has 10 nitrogen and oxygen atoms in total. The van der Waals surface area contributed by atoms with Crippen molar-refractivity contribution >= 4 is 12.2 Å². The molecule has 2 saturated heterocycles. The highest BCUT2D eigenvalue weighted by atomic mass is 16.6. The molecule has 2 aliphatic heterocycles. The second kappa shape index (κ2) is 14.6. The number of rotatable bonds is 6. The average Bonchev–Trinajstić information content (AvgIpc) is 3.92. The van der Waals surface area contributed by atoms with E-state index in [0.29, 0.717) is 13.1 Å². The summed E-state index contributed by atoms with van der Waals surface area (Å²) < 4.78 is 11.3. The first kappa shape index (κ1) is 36.0. The van der Waals surface area contributed by atoms with E-state index >= 15 is 0 Å². The molecule has 53 heavy (non-hydrogen) atoms. The molecule has 2 amide bonds. The van der Waals surface area contributed by atoms with Crippen LogP contribution in [0.25, 0.3) is 44.8 Å². The van der Waals surface area contributed by atoms with E-state index in [0.717, 1.165) is 88.5 Å². The van der Waals surface area contributed by atoms with Gasteiger partial charge in [0.05, 0.1) is 35.9 Å². The summed E-state index contributed by atoms with van der Waals surface area (Å²) in [7, 11) is 0. The third kappa shape index (κ3) is 8.32. The van der Waals surface area contributed by atoms with Gasteiger partial charge in [0.25, 0.3) is 0 Å². The molecule has 2 N–H and O–H groups in total. The number of H-pyrrole nitrogens is 2. The van der Waals surface area contributed by atoms with Crippen LogP contribution < -0.4 is 0 Å². The number of aromatic nitrogens is 4. The first-order valence-corrected chi connectivity index (χ1v) is 18.7. The number of benzene rings is 3. The Hall–Kier alpha value is -5.38. The molecule has 2 aromatic heterocycles. The molecule has 0 radical (unpaired) electrons. The van der Waals surface area contributed by atoms with Crippen LogP contribution in [0.2, 0.25) is 0 Å². The van der Waals surface area contributed by atoms with E-state index in [1.165, 1.54) is 0 Å². The fourth-order valence-electron chi connectivity index (χ4n) is 7.19. The number of ether oxygens (including phenoxy) is 2. The summed E-state index contributed by atoms with van der Waals surface area (Å²) >= 11 is 0. The van der Waals surface area contributed by atoms with Crippen molar-refractivity contribution < 1.29 is 19.1 Å². The van der Waals surface area contributed by atoms with Crippen LogP contribution in [-0.2, 0) is 9.47 Å². The van der Waals surface area contributed by atoms with E-state index in [4.69, 9.17) is 14.5 Å². The lowest BCUT2D eigenvalue weighted by atomic mass is 9.98. The van der Waals surface area contributed by atoms with Crippen molar-refractivity contribution in [2.24, 2.45) is 0 Å². The van der Waals surface area contributed by atoms with Crippen LogP contribution in [0, 0.1) is 0 Å². The van der Waals surface area contributed by atoms with Gasteiger partial charge in [-0.1, -0.05) is 72.8 Å². The van der Waals surface area contributed by atoms with Gasteiger partial charge in [-0.25, -0.2) is 19.6 Å². The van der Waals surface area contributed by atoms with Gasteiger partial charge < -0.3 is 19.4 Å². The van der Waals surface area contributed by atoms with Crippen LogP contribution in [0.4, 0.5) is 9.59 Å². The van der Waals surface area contributed by atoms with Gasteiger partial charge >= 0.3 is 12.2 Å². The summed E-state index contributed by atoms with van der Waals surface area (Å²) in [5.41, 5.74) is 7.36. The molecule has 0 aliphatic carbocycles. The monoisotopic (exact) mass is 714 g/mol. The predicted octanol–water partition coefficient (Wildman–Crippen LogP) is 10.3. The molecule has 4 heterocycles. The molecule has 0 bridgehead atoms. The van der Waals surface area contributed by atoms with Crippen molar-refractivity contribution in [1.29, 1.82) is 0 Å². The van der Waals surface area contributed by atoms with Crippen LogP contribution in [0.5, 0.6) is 0 Å². The van der Waals surface area contributed by atoms with E-state index in [-0.39, 0.29) is 24.3 Å². The quantitative estimate of drug-likeness (QED) is 0.181. The number of carbonyl (C=O) groups excluding carboxylic acids is 2. The van der Waals surface area contributed by atoms with Crippen molar-refractivity contribution in [2.75, 3.05) is 13.1 Å². The lowest BCUT2D eigenvalue weighted by molar-refractivity contribution is 0.00846. The van der Waals surface area contributed by atoms with Crippen molar-refractivity contribution in [3.05, 3.63) is 96.8 Å². The third-order valence-corrected chi connectivity index (χ3v) is 9.78. The zero-order valence-electron chi connectivity index (χ0n) is 31.6. The molecule has 7 rings (SSSR count). The largest absolute Gasteiger partial charge is 0.444 e. The van der Waals surface area contributed by atoms with E-state index < -0.39 is 11.2 Å². The standard InChI is InChI=1S/C43H50N6O4/c1-42(2,3)52-40(50)48-24-8-7-10-36(48)38-44-26-34(46-38)32-20-16-30(17-21-32)28-12-14-29(15-13-28)31-18-22-33(23-19-31)35-27-45-39(47-35)37-11-9-25-49(37)41(51)53-43(4,5)6/h12-23,26-27,36-37H,7-11,24-25H2,1-6H3,(H,44,46)(H,45,47). The number of aromatic amines is 2. The van der Waals surface area contributed by atoms with Crippen LogP contribution in [0.3, 0.4) is 0 Å². The number of imidazole rings is 2. The minimum Gasteiger partial charge on any atom is -0.444 e. The van der Waals surface area contributed by atoms with Gasteiger partial charge in [-0.2, -0.15) is 0 Å². The van der Waals surface area contributed by atoms with Gasteiger partial charge in [0, 0.05) is 13.1 Å². The van der Waals surface area contributed by atoms with Crippen LogP contribution in [0.1, 0.15) is 97.4 Å². The maximum absolute atomic E-state index is 13.0. The average molecular weight is 715 g/mol. The van der Waals surface area contributed by atoms with E-state index in [9.17, 15) is 9.59 Å². The normalized spacial score (nSPS) is 17.9. The zero-order chi connectivity index (χ0) is 37.3. The molecular weight excluding hydrogens is 665 g/mol. The Morgan fingerprint density at radius 1 is 0.547 bits per heavy atom. The van der Waals surface area contributed by atoms with E-state index in [1.54, 1.807) is 4.90 Å². The first-order chi connectivity index (χ1) is 25.3. The Balaban J connectivity index is 0.988. The second-order valence-electron chi connectivity index (χ2n) is 16.1. The fraction of sp³-hybridized carbons (Fsp3) is 0.395. The molecular formula is C43H50N6O4. The third-order valence-electron chi connectivity index (χ3n) is 9.78. The van der Waals surface area contributed by atoms with Crippen molar-refractivity contribution in [3.8, 4) is 44.8 Å². The molecule has 2 fully saturated rings. The Bertz CT molecular complexity index is 2030. The summed E-state index contributed by atoms with van der Waals surface area (Å²) in [5.74, 6) is 1.58. The Kier molecular flexibility index (Phi) is 9.89. The van der Waals surface area contributed by atoms with Gasteiger partial charge in [0.1, 0.15) is 22.9 Å². The van der Waals surface area contributed by atoms with Crippen molar-refractivity contribution in [1.82, 2.24) is 29.7 Å². The summed E-state index contributed by atoms with van der Waals surface area (Å²) in [5, 5.41) is 0. The Labute approximate surface area is 312 Å². The van der Waals surface area contributed by atoms with E-state index in [1.807, 2.05) is 58.8 Å². The highest BCUT2D eigenvalue weighted by molar-refractivity contribution is 5.74. The number of nitrogens with one attached hydrogen (secondary N) is 2. The minimum absolute atomic E-state index is 0.115. The SMILES string of the molecule is CC(C)(C)OC(=O)N1CCCCC1c1ncc(-c2ccc(-c3ccc(-c4ccc(-c5cnc(C6CCCN6C(=O)OC(C)(C)C)[nH]5)cc4)cc3)cc2)[nH]1. The Morgan fingerprint density at radius 2 is 0.887 bits per heavy atom. The van der Waals surface area contributed by atoms with Gasteiger partial charge in [0.15, 0.2) is 0 Å². The number of amides is 2. The van der Waals surface area contributed by atoms with Gasteiger partial charge in [0.2, 0.25) is 0 Å². The molecule has 2 unspecified atom stereocenters. The maximum atomic E-state index is 13.0. The topological polar surface area (TPSA) is 116 Å². The molecule has 2 aliphatic rings. The van der Waals surface area contributed by atoms with Gasteiger partial charge in [-0.15, -0.1) is 0 Å². The van der Waals surface area contributed by atoms with Crippen molar-refractivity contribution in [3.63, 3.8) is 0 Å². The molecule has 5 aromatic rings. The smallest absolute Gasteiger partial charge is 0.410 e.